The van der Waals surface area contributed by atoms with Crippen molar-refractivity contribution in [3.05, 3.63) is 29.8 Å². The van der Waals surface area contributed by atoms with Crippen LogP contribution in [0.5, 0.6) is 0 Å². The van der Waals surface area contributed by atoms with Gasteiger partial charge < -0.3 is 10.6 Å². The number of anilines is 1. The first kappa shape index (κ1) is 15.3. The largest absolute Gasteiger partial charge is 0.378 e. The van der Waals surface area contributed by atoms with Gasteiger partial charge in [-0.05, 0) is 36.0 Å². The Bertz CT molecular complexity index is 403. The van der Waals surface area contributed by atoms with Crippen LogP contribution in [-0.2, 0) is 0 Å². The molecule has 0 bridgehead atoms. The summed E-state index contributed by atoms with van der Waals surface area (Å²) in [6, 6.07) is 9.20. The molecular weight excluding hydrogens is 246 g/mol. The van der Waals surface area contributed by atoms with Gasteiger partial charge in [-0.15, -0.1) is 0 Å². The van der Waals surface area contributed by atoms with Gasteiger partial charge in [-0.25, -0.2) is 0 Å². The summed E-state index contributed by atoms with van der Waals surface area (Å²) in [5.74, 6) is 1.54. The molecule has 3 heteroatoms. The van der Waals surface area contributed by atoms with E-state index in [1.165, 1.54) is 30.8 Å². The van der Waals surface area contributed by atoms with E-state index in [9.17, 15) is 0 Å². The molecule has 1 unspecified atom stereocenters. The number of hydrogen-bond acceptors (Lipinski definition) is 3. The second-order valence-corrected chi connectivity index (χ2v) is 6.64. The first-order chi connectivity index (χ1) is 9.51. The number of nitrogens with zero attached hydrogens (tertiary/aromatic N) is 2. The molecule has 3 nitrogen and oxygen atoms in total. The highest BCUT2D eigenvalue weighted by Crippen LogP contribution is 2.29. The lowest BCUT2D eigenvalue weighted by Gasteiger charge is -2.40. The maximum atomic E-state index is 6.07. The zero-order valence-corrected chi connectivity index (χ0v) is 13.3. The highest BCUT2D eigenvalue weighted by molar-refractivity contribution is 5.46. The highest BCUT2D eigenvalue weighted by atomic mass is 15.2. The van der Waals surface area contributed by atoms with Crippen molar-refractivity contribution in [3.8, 4) is 0 Å². The molecule has 20 heavy (non-hydrogen) atoms. The second-order valence-electron chi connectivity index (χ2n) is 6.64. The maximum absolute atomic E-state index is 6.07. The van der Waals surface area contributed by atoms with Crippen LogP contribution >= 0.6 is 0 Å². The first-order valence-corrected chi connectivity index (χ1v) is 7.72. The molecule has 1 fully saturated rings. The van der Waals surface area contributed by atoms with Crippen LogP contribution in [0.1, 0.15) is 31.9 Å². The van der Waals surface area contributed by atoms with E-state index in [0.29, 0.717) is 12.6 Å². The zero-order valence-electron chi connectivity index (χ0n) is 13.3. The molecule has 0 radical (unpaired) electrons. The van der Waals surface area contributed by atoms with Crippen LogP contribution in [0.25, 0.3) is 0 Å². The smallest absolute Gasteiger partial charge is 0.0470 e. The van der Waals surface area contributed by atoms with Crippen molar-refractivity contribution < 1.29 is 0 Å². The summed E-state index contributed by atoms with van der Waals surface area (Å²) in [5.41, 5.74) is 8.66. The third kappa shape index (κ3) is 3.53. The first-order valence-electron chi connectivity index (χ1n) is 7.72. The van der Waals surface area contributed by atoms with Crippen LogP contribution in [0.4, 0.5) is 5.69 Å². The van der Waals surface area contributed by atoms with E-state index in [1.807, 2.05) is 0 Å². The van der Waals surface area contributed by atoms with Crippen LogP contribution in [0, 0.1) is 11.8 Å². The maximum Gasteiger partial charge on any atom is 0.0470 e. The molecule has 1 aromatic rings. The topological polar surface area (TPSA) is 32.5 Å². The molecule has 1 aliphatic heterocycles. The summed E-state index contributed by atoms with van der Waals surface area (Å²) in [6.07, 6.45) is 1.34. The van der Waals surface area contributed by atoms with Gasteiger partial charge in [0.25, 0.3) is 0 Å². The van der Waals surface area contributed by atoms with Crippen molar-refractivity contribution in [2.45, 2.75) is 26.3 Å². The minimum Gasteiger partial charge on any atom is -0.378 e. The van der Waals surface area contributed by atoms with Gasteiger partial charge in [0.15, 0.2) is 0 Å². The molecule has 1 heterocycles. The van der Waals surface area contributed by atoms with E-state index in [2.05, 4.69) is 62.0 Å². The highest BCUT2D eigenvalue weighted by Gasteiger charge is 2.27. The number of hydrogen-bond donors (Lipinski definition) is 1. The minimum absolute atomic E-state index is 0.358. The van der Waals surface area contributed by atoms with Crippen molar-refractivity contribution in [3.63, 3.8) is 0 Å². The Morgan fingerprint density at radius 1 is 1.15 bits per heavy atom. The molecule has 0 aromatic heterocycles. The summed E-state index contributed by atoms with van der Waals surface area (Å²) in [6.45, 7) is 7.74. The summed E-state index contributed by atoms with van der Waals surface area (Å²) in [5, 5.41) is 0. The van der Waals surface area contributed by atoms with E-state index in [0.717, 1.165) is 11.8 Å². The lowest BCUT2D eigenvalue weighted by molar-refractivity contribution is 0.0984. The molecule has 112 valence electrons. The predicted octanol–water partition coefficient (Wildman–Crippen LogP) is 2.73. The molecule has 1 aromatic carbocycles. The molecule has 0 spiro atoms. The zero-order chi connectivity index (χ0) is 14.7. The molecule has 2 N–H and O–H groups in total. The standard InChI is InChI=1S/C17H29N3/c1-13-9-14(2)12-20(11-13)17(10-18)15-5-7-16(8-6-15)19(3)4/h5-8,13-14,17H,9-12,18H2,1-4H3/t13-,14+,17?. The van der Waals surface area contributed by atoms with Gasteiger partial charge in [-0.3, -0.25) is 4.90 Å². The SMILES string of the molecule is C[C@@H]1C[C@H](C)CN(C(CN)c2ccc(N(C)C)cc2)C1. The molecule has 1 aliphatic rings. The monoisotopic (exact) mass is 275 g/mol. The Labute approximate surface area is 123 Å². The van der Waals surface area contributed by atoms with E-state index < -0.39 is 0 Å². The molecule has 1 saturated heterocycles. The summed E-state index contributed by atoms with van der Waals surface area (Å²) >= 11 is 0. The number of rotatable bonds is 4. The van der Waals surface area contributed by atoms with Crippen LogP contribution < -0.4 is 10.6 Å². The number of piperidine rings is 1. The van der Waals surface area contributed by atoms with Gasteiger partial charge in [0, 0.05) is 45.5 Å². The second kappa shape index (κ2) is 6.59. The van der Waals surface area contributed by atoms with E-state index in [1.54, 1.807) is 0 Å². The number of benzene rings is 1. The van der Waals surface area contributed by atoms with E-state index in [4.69, 9.17) is 5.73 Å². The normalized spacial score (nSPS) is 25.4. The van der Waals surface area contributed by atoms with Gasteiger partial charge >= 0.3 is 0 Å². The molecule has 0 amide bonds. The summed E-state index contributed by atoms with van der Waals surface area (Å²) in [4.78, 5) is 4.70. The quantitative estimate of drug-likeness (QED) is 0.917. The van der Waals surface area contributed by atoms with Crippen LogP contribution in [0.2, 0.25) is 0 Å². The minimum atomic E-state index is 0.358. The Morgan fingerprint density at radius 2 is 1.70 bits per heavy atom. The van der Waals surface area contributed by atoms with E-state index >= 15 is 0 Å². The van der Waals surface area contributed by atoms with E-state index in [-0.39, 0.29) is 0 Å². The lowest BCUT2D eigenvalue weighted by Crippen LogP contribution is -2.43. The van der Waals surface area contributed by atoms with Crippen molar-refractivity contribution >= 4 is 5.69 Å². The van der Waals surface area contributed by atoms with Crippen molar-refractivity contribution in [2.24, 2.45) is 17.6 Å². The molecule has 2 rings (SSSR count). The van der Waals surface area contributed by atoms with Crippen LogP contribution in [0.3, 0.4) is 0 Å². The fourth-order valence-corrected chi connectivity index (χ4v) is 3.46. The third-order valence-electron chi connectivity index (χ3n) is 4.36. The number of nitrogens with two attached hydrogens (primary N) is 1. The van der Waals surface area contributed by atoms with Crippen LogP contribution in [-0.4, -0.2) is 38.6 Å². The Balaban J connectivity index is 2.14. The van der Waals surface area contributed by atoms with Crippen LogP contribution in [0.15, 0.2) is 24.3 Å². The Hall–Kier alpha value is -1.06. The van der Waals surface area contributed by atoms with Gasteiger partial charge in [-0.1, -0.05) is 26.0 Å². The lowest BCUT2D eigenvalue weighted by atomic mass is 9.89. The average molecular weight is 275 g/mol. The molecule has 3 atom stereocenters. The molecule has 0 saturated carbocycles. The Morgan fingerprint density at radius 3 is 2.15 bits per heavy atom. The third-order valence-corrected chi connectivity index (χ3v) is 4.36. The summed E-state index contributed by atoms with van der Waals surface area (Å²) < 4.78 is 0. The van der Waals surface area contributed by atoms with Gasteiger partial charge in [0.2, 0.25) is 0 Å². The molecular formula is C17H29N3. The number of likely N-dealkylation sites (tertiary alicyclic amines) is 1. The Kier molecular flexibility index (Phi) is 5.06. The average Bonchev–Trinajstić information content (AvgIpc) is 2.39. The molecule has 0 aliphatic carbocycles. The van der Waals surface area contributed by atoms with Crippen molar-refractivity contribution in [1.82, 2.24) is 4.90 Å². The predicted molar refractivity (Wildman–Crippen MR) is 87.1 cm³/mol. The van der Waals surface area contributed by atoms with Crippen molar-refractivity contribution in [2.75, 3.05) is 38.6 Å². The fraction of sp³-hybridized carbons (Fsp3) is 0.647. The van der Waals surface area contributed by atoms with Gasteiger partial charge in [0.1, 0.15) is 0 Å². The van der Waals surface area contributed by atoms with Gasteiger partial charge in [-0.2, -0.15) is 0 Å². The fourth-order valence-electron chi connectivity index (χ4n) is 3.46. The summed E-state index contributed by atoms with van der Waals surface area (Å²) in [7, 11) is 4.15. The van der Waals surface area contributed by atoms with Gasteiger partial charge in [0.05, 0.1) is 0 Å². The van der Waals surface area contributed by atoms with Crippen molar-refractivity contribution in [1.29, 1.82) is 0 Å².